The van der Waals surface area contributed by atoms with Gasteiger partial charge in [0.05, 0.1) is 11.3 Å². The summed E-state index contributed by atoms with van der Waals surface area (Å²) in [4.78, 5) is 13.9. The lowest BCUT2D eigenvalue weighted by molar-refractivity contribution is -0.120. The molecule has 1 N–H and O–H groups in total. The standard InChI is InChI=1S/C19H20Cl2N4OS2/c1-11(15-7-6-13(20)9-16(15)21)22-18(26)12(2)28-19-24-23-17(25(19)3)10-14-5-4-8-27-14/h4-9,11-12H,10H2,1-3H3,(H,22,26)/t11-,12+/m1/s1. The zero-order chi connectivity index (χ0) is 20.3. The van der Waals surface area contributed by atoms with Crippen molar-refractivity contribution in [2.75, 3.05) is 0 Å². The third-order valence-corrected chi connectivity index (χ3v) is 6.85. The van der Waals surface area contributed by atoms with Gasteiger partial charge in [-0.2, -0.15) is 0 Å². The van der Waals surface area contributed by atoms with E-state index >= 15 is 0 Å². The van der Waals surface area contributed by atoms with Crippen molar-refractivity contribution in [3.05, 3.63) is 62.0 Å². The van der Waals surface area contributed by atoms with E-state index in [1.807, 2.05) is 43.0 Å². The van der Waals surface area contributed by atoms with Gasteiger partial charge in [-0.3, -0.25) is 4.79 Å². The molecule has 0 saturated heterocycles. The summed E-state index contributed by atoms with van der Waals surface area (Å²) in [6.45, 7) is 3.75. The van der Waals surface area contributed by atoms with E-state index in [9.17, 15) is 4.79 Å². The molecule has 0 bridgehead atoms. The van der Waals surface area contributed by atoms with Gasteiger partial charge in [0.1, 0.15) is 5.82 Å². The largest absolute Gasteiger partial charge is 0.349 e. The van der Waals surface area contributed by atoms with Crippen LogP contribution in [0.5, 0.6) is 0 Å². The van der Waals surface area contributed by atoms with Crippen LogP contribution in [0, 0.1) is 0 Å². The predicted octanol–water partition coefficient (Wildman–Crippen LogP) is 5.13. The van der Waals surface area contributed by atoms with Crippen LogP contribution in [0.2, 0.25) is 10.0 Å². The van der Waals surface area contributed by atoms with Gasteiger partial charge in [-0.15, -0.1) is 21.5 Å². The van der Waals surface area contributed by atoms with Crippen LogP contribution in [0.4, 0.5) is 0 Å². The fourth-order valence-electron chi connectivity index (χ4n) is 2.64. The van der Waals surface area contributed by atoms with E-state index in [-0.39, 0.29) is 17.2 Å². The fraction of sp³-hybridized carbons (Fsp3) is 0.316. The number of benzene rings is 1. The number of thiophene rings is 1. The molecule has 0 saturated carbocycles. The number of hydrogen-bond donors (Lipinski definition) is 1. The number of rotatable bonds is 7. The van der Waals surface area contributed by atoms with Crippen molar-refractivity contribution in [2.24, 2.45) is 7.05 Å². The topological polar surface area (TPSA) is 59.8 Å². The van der Waals surface area contributed by atoms with Gasteiger partial charge in [-0.25, -0.2) is 0 Å². The first-order valence-corrected chi connectivity index (χ1v) is 11.2. The molecule has 28 heavy (non-hydrogen) atoms. The molecule has 1 aromatic carbocycles. The maximum Gasteiger partial charge on any atom is 0.233 e. The highest BCUT2D eigenvalue weighted by Gasteiger charge is 2.21. The summed E-state index contributed by atoms with van der Waals surface area (Å²) in [5.41, 5.74) is 0.827. The summed E-state index contributed by atoms with van der Waals surface area (Å²) in [7, 11) is 1.92. The molecule has 3 rings (SSSR count). The molecular formula is C19H20Cl2N4OS2. The Morgan fingerprint density at radius 2 is 2.07 bits per heavy atom. The third-order valence-electron chi connectivity index (χ3n) is 4.28. The van der Waals surface area contributed by atoms with Crippen LogP contribution in [-0.2, 0) is 18.3 Å². The van der Waals surface area contributed by atoms with Crippen LogP contribution >= 0.6 is 46.3 Å². The van der Waals surface area contributed by atoms with E-state index in [0.29, 0.717) is 15.2 Å². The number of halogens is 2. The summed E-state index contributed by atoms with van der Waals surface area (Å²) in [6, 6.07) is 9.13. The Labute approximate surface area is 182 Å². The maximum absolute atomic E-state index is 12.6. The molecule has 148 valence electrons. The highest BCUT2D eigenvalue weighted by molar-refractivity contribution is 8.00. The molecule has 0 aliphatic heterocycles. The number of carbonyl (C=O) groups excluding carboxylic acids is 1. The second-order valence-corrected chi connectivity index (χ2v) is 9.55. The van der Waals surface area contributed by atoms with Crippen molar-refractivity contribution in [3.8, 4) is 0 Å². The second-order valence-electron chi connectivity index (χ2n) is 6.37. The molecular weight excluding hydrogens is 435 g/mol. The van der Waals surface area contributed by atoms with Gasteiger partial charge in [-0.05, 0) is 43.0 Å². The average Bonchev–Trinajstić information content (AvgIpc) is 3.27. The van der Waals surface area contributed by atoms with Gasteiger partial charge >= 0.3 is 0 Å². The number of nitrogens with zero attached hydrogens (tertiary/aromatic N) is 3. The number of carbonyl (C=O) groups is 1. The summed E-state index contributed by atoms with van der Waals surface area (Å²) in [6.07, 6.45) is 0.731. The maximum atomic E-state index is 12.6. The fourth-order valence-corrected chi connectivity index (χ4v) is 4.76. The van der Waals surface area contributed by atoms with E-state index in [4.69, 9.17) is 23.2 Å². The molecule has 2 aromatic heterocycles. The van der Waals surface area contributed by atoms with E-state index < -0.39 is 0 Å². The van der Waals surface area contributed by atoms with Gasteiger partial charge in [0.2, 0.25) is 5.91 Å². The van der Waals surface area contributed by atoms with Crippen LogP contribution in [0.25, 0.3) is 0 Å². The molecule has 0 radical (unpaired) electrons. The first kappa shape index (κ1) is 21.2. The van der Waals surface area contributed by atoms with Crippen LogP contribution < -0.4 is 5.32 Å². The van der Waals surface area contributed by atoms with Gasteiger partial charge < -0.3 is 9.88 Å². The minimum absolute atomic E-state index is 0.0914. The molecule has 2 heterocycles. The minimum atomic E-state index is -0.328. The SMILES string of the molecule is C[C@H](Sc1nnc(Cc2cccs2)n1C)C(=O)N[C@H](C)c1ccc(Cl)cc1Cl. The lowest BCUT2D eigenvalue weighted by Gasteiger charge is -2.18. The highest BCUT2D eigenvalue weighted by atomic mass is 35.5. The van der Waals surface area contributed by atoms with Crippen molar-refractivity contribution >= 4 is 52.2 Å². The molecule has 0 unspecified atom stereocenters. The van der Waals surface area contributed by atoms with Gasteiger partial charge in [-0.1, -0.05) is 47.1 Å². The Morgan fingerprint density at radius 3 is 2.75 bits per heavy atom. The third kappa shape index (κ3) is 5.08. The summed E-state index contributed by atoms with van der Waals surface area (Å²) in [5, 5.41) is 15.0. The van der Waals surface area contributed by atoms with Gasteiger partial charge in [0, 0.05) is 28.4 Å². The van der Waals surface area contributed by atoms with Gasteiger partial charge in [0.25, 0.3) is 0 Å². The van der Waals surface area contributed by atoms with Crippen LogP contribution in [-0.4, -0.2) is 25.9 Å². The number of thioether (sulfide) groups is 1. The van der Waals surface area contributed by atoms with Crippen molar-refractivity contribution in [1.82, 2.24) is 20.1 Å². The lowest BCUT2D eigenvalue weighted by atomic mass is 10.1. The molecule has 0 fully saturated rings. The Hall–Kier alpha value is -1.54. The lowest BCUT2D eigenvalue weighted by Crippen LogP contribution is -2.33. The minimum Gasteiger partial charge on any atom is -0.349 e. The second kappa shape index (κ2) is 9.31. The predicted molar refractivity (Wildman–Crippen MR) is 116 cm³/mol. The summed E-state index contributed by atoms with van der Waals surface area (Å²) < 4.78 is 1.94. The highest BCUT2D eigenvalue weighted by Crippen LogP contribution is 2.27. The van der Waals surface area contributed by atoms with Crippen molar-refractivity contribution < 1.29 is 4.79 Å². The zero-order valence-electron chi connectivity index (χ0n) is 15.6. The van der Waals surface area contributed by atoms with Crippen molar-refractivity contribution in [1.29, 1.82) is 0 Å². The molecule has 5 nitrogen and oxygen atoms in total. The first-order chi connectivity index (χ1) is 13.3. The molecule has 0 spiro atoms. The molecule has 3 aromatic rings. The number of nitrogens with one attached hydrogen (secondary N) is 1. The van der Waals surface area contributed by atoms with E-state index in [2.05, 4.69) is 21.6 Å². The van der Waals surface area contributed by atoms with Crippen molar-refractivity contribution in [2.45, 2.75) is 36.7 Å². The summed E-state index contributed by atoms with van der Waals surface area (Å²) in [5.74, 6) is 0.783. The Balaban J connectivity index is 1.62. The first-order valence-electron chi connectivity index (χ1n) is 8.67. The van der Waals surface area contributed by atoms with E-state index in [1.165, 1.54) is 16.6 Å². The molecule has 0 aliphatic rings. The Kier molecular flexibility index (Phi) is 7.04. The van der Waals surface area contributed by atoms with Crippen LogP contribution in [0.1, 0.15) is 36.2 Å². The van der Waals surface area contributed by atoms with E-state index in [0.717, 1.165) is 17.8 Å². The molecule has 9 heteroatoms. The zero-order valence-corrected chi connectivity index (χ0v) is 18.8. The summed E-state index contributed by atoms with van der Waals surface area (Å²) >= 11 is 15.2. The molecule has 1 amide bonds. The number of aromatic nitrogens is 3. The quantitative estimate of drug-likeness (QED) is 0.502. The normalized spacial score (nSPS) is 13.3. The molecule has 2 atom stereocenters. The Morgan fingerprint density at radius 1 is 1.29 bits per heavy atom. The monoisotopic (exact) mass is 454 g/mol. The van der Waals surface area contributed by atoms with Crippen molar-refractivity contribution in [3.63, 3.8) is 0 Å². The smallest absolute Gasteiger partial charge is 0.233 e. The number of hydrogen-bond acceptors (Lipinski definition) is 5. The van der Waals surface area contributed by atoms with Crippen LogP contribution in [0.15, 0.2) is 40.9 Å². The molecule has 0 aliphatic carbocycles. The van der Waals surface area contributed by atoms with E-state index in [1.54, 1.807) is 23.5 Å². The average molecular weight is 455 g/mol. The van der Waals surface area contributed by atoms with Crippen LogP contribution in [0.3, 0.4) is 0 Å². The number of amides is 1. The van der Waals surface area contributed by atoms with Gasteiger partial charge in [0.15, 0.2) is 5.16 Å². The Bertz CT molecular complexity index is 959.